The van der Waals surface area contributed by atoms with Gasteiger partial charge >= 0.3 is 5.97 Å². The summed E-state index contributed by atoms with van der Waals surface area (Å²) in [6.07, 6.45) is 2.81. The molecule has 0 radical (unpaired) electrons. The van der Waals surface area contributed by atoms with E-state index in [0.29, 0.717) is 6.42 Å². The van der Waals surface area contributed by atoms with E-state index in [4.69, 9.17) is 5.11 Å². The Bertz CT molecular complexity index is 701. The van der Waals surface area contributed by atoms with E-state index in [9.17, 15) is 4.79 Å². The van der Waals surface area contributed by atoms with Gasteiger partial charge in [-0.05, 0) is 46.7 Å². The SMILES string of the molecule is O=C(O)C1CC(c2ccc3c4c(cccc24)CC3)NN1. The third kappa shape index (κ3) is 1.65. The summed E-state index contributed by atoms with van der Waals surface area (Å²) in [5.41, 5.74) is 10.0. The summed E-state index contributed by atoms with van der Waals surface area (Å²) in [7, 11) is 0. The Labute approximate surface area is 116 Å². The second kappa shape index (κ2) is 4.30. The topological polar surface area (TPSA) is 61.4 Å². The quantitative estimate of drug-likeness (QED) is 0.779. The maximum Gasteiger partial charge on any atom is 0.322 e. The highest BCUT2D eigenvalue weighted by Gasteiger charge is 2.31. The third-order valence-corrected chi connectivity index (χ3v) is 4.49. The highest BCUT2D eigenvalue weighted by Crippen LogP contribution is 2.36. The second-order valence-corrected chi connectivity index (χ2v) is 5.62. The molecule has 1 aliphatic carbocycles. The van der Waals surface area contributed by atoms with E-state index in [1.54, 1.807) is 0 Å². The number of carboxylic acid groups (broad SMARTS) is 1. The molecule has 20 heavy (non-hydrogen) atoms. The van der Waals surface area contributed by atoms with Gasteiger partial charge in [0.05, 0.1) is 0 Å². The molecule has 0 aromatic heterocycles. The maximum absolute atomic E-state index is 11.1. The van der Waals surface area contributed by atoms with Crippen molar-refractivity contribution >= 4 is 16.7 Å². The summed E-state index contributed by atoms with van der Waals surface area (Å²) in [5.74, 6) is -0.800. The van der Waals surface area contributed by atoms with E-state index in [1.807, 2.05) is 0 Å². The number of aliphatic carboxylic acids is 1. The van der Waals surface area contributed by atoms with E-state index >= 15 is 0 Å². The highest BCUT2D eigenvalue weighted by molar-refractivity contribution is 5.93. The molecule has 2 aromatic rings. The van der Waals surface area contributed by atoms with Crippen molar-refractivity contribution in [3.8, 4) is 0 Å². The minimum Gasteiger partial charge on any atom is -0.480 e. The van der Waals surface area contributed by atoms with Gasteiger partial charge in [0, 0.05) is 6.04 Å². The van der Waals surface area contributed by atoms with Crippen LogP contribution in [0.1, 0.15) is 29.2 Å². The molecule has 4 heteroatoms. The Balaban J connectivity index is 1.80. The van der Waals surface area contributed by atoms with Crippen LogP contribution in [-0.2, 0) is 17.6 Å². The van der Waals surface area contributed by atoms with Gasteiger partial charge in [-0.2, -0.15) is 0 Å². The molecule has 0 spiro atoms. The van der Waals surface area contributed by atoms with E-state index in [1.165, 1.54) is 27.5 Å². The van der Waals surface area contributed by atoms with Crippen molar-refractivity contribution in [1.29, 1.82) is 0 Å². The lowest BCUT2D eigenvalue weighted by Crippen LogP contribution is -2.36. The van der Waals surface area contributed by atoms with Gasteiger partial charge in [-0.25, -0.2) is 10.9 Å². The summed E-state index contributed by atoms with van der Waals surface area (Å²) < 4.78 is 0. The molecule has 0 saturated carbocycles. The summed E-state index contributed by atoms with van der Waals surface area (Å²) in [6, 6.07) is 10.3. The van der Waals surface area contributed by atoms with Crippen molar-refractivity contribution in [2.45, 2.75) is 31.3 Å². The molecule has 2 aliphatic rings. The molecule has 2 unspecified atom stereocenters. The van der Waals surface area contributed by atoms with Gasteiger partial charge in [-0.15, -0.1) is 0 Å². The average Bonchev–Trinajstić information content (AvgIpc) is 3.08. The number of rotatable bonds is 2. The molecule has 102 valence electrons. The molecule has 2 aromatic carbocycles. The molecule has 1 aliphatic heterocycles. The van der Waals surface area contributed by atoms with Gasteiger partial charge in [0.1, 0.15) is 6.04 Å². The standard InChI is InChI=1S/C16H16N2O2/c19-16(20)14-8-13(17-18-14)11-7-6-10-5-4-9-2-1-3-12(11)15(9)10/h1-3,6-7,13-14,17-18H,4-5,8H2,(H,19,20). The van der Waals surface area contributed by atoms with Crippen LogP contribution >= 0.6 is 0 Å². The largest absolute Gasteiger partial charge is 0.480 e. The van der Waals surface area contributed by atoms with Crippen molar-refractivity contribution in [1.82, 2.24) is 10.9 Å². The average molecular weight is 268 g/mol. The summed E-state index contributed by atoms with van der Waals surface area (Å²) >= 11 is 0. The number of hydrogen-bond acceptors (Lipinski definition) is 3. The Hall–Kier alpha value is -1.91. The summed E-state index contributed by atoms with van der Waals surface area (Å²) in [6.45, 7) is 0. The van der Waals surface area contributed by atoms with Gasteiger partial charge in [0.15, 0.2) is 0 Å². The fraction of sp³-hybridized carbons (Fsp3) is 0.312. The minimum atomic E-state index is -0.800. The van der Waals surface area contributed by atoms with E-state index < -0.39 is 12.0 Å². The van der Waals surface area contributed by atoms with Crippen molar-refractivity contribution in [2.24, 2.45) is 0 Å². The fourth-order valence-electron chi connectivity index (χ4n) is 3.50. The first-order valence-corrected chi connectivity index (χ1v) is 7.01. The van der Waals surface area contributed by atoms with Gasteiger partial charge in [0.2, 0.25) is 0 Å². The fourth-order valence-corrected chi connectivity index (χ4v) is 3.50. The normalized spacial score (nSPS) is 24.4. The van der Waals surface area contributed by atoms with Crippen LogP contribution < -0.4 is 10.9 Å². The zero-order valence-corrected chi connectivity index (χ0v) is 11.0. The molecular formula is C16H16N2O2. The molecule has 4 rings (SSSR count). The monoisotopic (exact) mass is 268 g/mol. The lowest BCUT2D eigenvalue weighted by Gasteiger charge is -2.14. The van der Waals surface area contributed by atoms with E-state index in [2.05, 4.69) is 41.2 Å². The van der Waals surface area contributed by atoms with Gasteiger partial charge in [0.25, 0.3) is 0 Å². The van der Waals surface area contributed by atoms with Crippen LogP contribution in [0.3, 0.4) is 0 Å². The Kier molecular flexibility index (Phi) is 2.55. The number of carbonyl (C=O) groups is 1. The van der Waals surface area contributed by atoms with Crippen molar-refractivity contribution in [3.63, 3.8) is 0 Å². The van der Waals surface area contributed by atoms with Crippen molar-refractivity contribution < 1.29 is 9.90 Å². The molecular weight excluding hydrogens is 252 g/mol. The maximum atomic E-state index is 11.1. The number of aryl methyl sites for hydroxylation is 2. The van der Waals surface area contributed by atoms with Crippen molar-refractivity contribution in [3.05, 3.63) is 47.0 Å². The first-order valence-electron chi connectivity index (χ1n) is 7.01. The third-order valence-electron chi connectivity index (χ3n) is 4.49. The van der Waals surface area contributed by atoms with E-state index in [0.717, 1.165) is 12.8 Å². The predicted octanol–water partition coefficient (Wildman–Crippen LogP) is 1.93. The highest BCUT2D eigenvalue weighted by atomic mass is 16.4. The Morgan fingerprint density at radius 2 is 1.90 bits per heavy atom. The predicted molar refractivity (Wildman–Crippen MR) is 76.4 cm³/mol. The van der Waals surface area contributed by atoms with Crippen molar-refractivity contribution in [2.75, 3.05) is 0 Å². The molecule has 0 bridgehead atoms. The van der Waals surface area contributed by atoms with Gasteiger partial charge in [-0.3, -0.25) is 4.79 Å². The lowest BCUT2D eigenvalue weighted by molar-refractivity contribution is -0.139. The minimum absolute atomic E-state index is 0.0565. The zero-order chi connectivity index (χ0) is 13.7. The first kappa shape index (κ1) is 11.9. The summed E-state index contributed by atoms with van der Waals surface area (Å²) in [4.78, 5) is 11.1. The van der Waals surface area contributed by atoms with Crippen LogP contribution in [0.5, 0.6) is 0 Å². The Morgan fingerprint density at radius 3 is 2.65 bits per heavy atom. The van der Waals surface area contributed by atoms with Gasteiger partial charge in [-0.1, -0.05) is 30.3 Å². The summed E-state index contributed by atoms with van der Waals surface area (Å²) in [5, 5.41) is 11.7. The molecule has 0 amide bonds. The zero-order valence-electron chi connectivity index (χ0n) is 11.0. The van der Waals surface area contributed by atoms with Crippen LogP contribution in [0.15, 0.2) is 30.3 Å². The second-order valence-electron chi connectivity index (χ2n) is 5.62. The smallest absolute Gasteiger partial charge is 0.322 e. The van der Waals surface area contributed by atoms with Crippen LogP contribution in [0.4, 0.5) is 0 Å². The number of nitrogens with one attached hydrogen (secondary N) is 2. The van der Waals surface area contributed by atoms with Crippen LogP contribution in [-0.4, -0.2) is 17.1 Å². The molecule has 1 heterocycles. The first-order chi connectivity index (χ1) is 9.74. The number of carboxylic acids is 1. The molecule has 1 saturated heterocycles. The number of hydrazine groups is 1. The lowest BCUT2D eigenvalue weighted by atomic mass is 9.93. The Morgan fingerprint density at radius 1 is 1.10 bits per heavy atom. The number of hydrogen-bond donors (Lipinski definition) is 3. The van der Waals surface area contributed by atoms with Gasteiger partial charge < -0.3 is 5.11 Å². The molecule has 1 fully saturated rings. The molecule has 2 atom stereocenters. The van der Waals surface area contributed by atoms with E-state index in [-0.39, 0.29) is 6.04 Å². The molecule has 4 nitrogen and oxygen atoms in total. The van der Waals surface area contributed by atoms with Crippen LogP contribution in [0, 0.1) is 0 Å². The molecule has 3 N–H and O–H groups in total. The van der Waals surface area contributed by atoms with Crippen LogP contribution in [0.2, 0.25) is 0 Å². The van der Waals surface area contributed by atoms with Crippen LogP contribution in [0.25, 0.3) is 10.8 Å². The number of benzene rings is 2.